The summed E-state index contributed by atoms with van der Waals surface area (Å²) in [6.45, 7) is 0. The van der Waals surface area contributed by atoms with Gasteiger partial charge in [0.1, 0.15) is 5.75 Å². The van der Waals surface area contributed by atoms with Crippen LogP contribution in [0.3, 0.4) is 0 Å². The van der Waals surface area contributed by atoms with Gasteiger partial charge in [-0.25, -0.2) is 0 Å². The van der Waals surface area contributed by atoms with E-state index in [2.05, 4.69) is 4.72 Å². The topological polar surface area (TPSA) is 102 Å². The molecular weight excluding hydrogens is 262 g/mol. The number of methoxy groups -OCH3 is 1. The van der Waals surface area contributed by atoms with Crippen LogP contribution in [-0.2, 0) is 10.2 Å². The molecule has 0 aliphatic heterocycles. The summed E-state index contributed by atoms with van der Waals surface area (Å²) >= 11 is 0. The zero-order chi connectivity index (χ0) is 13.9. The van der Waals surface area contributed by atoms with Gasteiger partial charge in [0.15, 0.2) is 0 Å². The Balaban J connectivity index is 3.15. The Morgan fingerprint density at radius 3 is 2.44 bits per heavy atom. The molecule has 0 fully saturated rings. The summed E-state index contributed by atoms with van der Waals surface area (Å²) in [6, 6.07) is 3.61. The highest BCUT2D eigenvalue weighted by atomic mass is 32.2. The van der Waals surface area contributed by atoms with E-state index in [9.17, 15) is 18.5 Å². The van der Waals surface area contributed by atoms with Gasteiger partial charge < -0.3 is 4.74 Å². The molecule has 0 spiro atoms. The minimum absolute atomic E-state index is 0.0784. The van der Waals surface area contributed by atoms with Crippen molar-refractivity contribution in [3.05, 3.63) is 28.3 Å². The van der Waals surface area contributed by atoms with Crippen molar-refractivity contribution in [1.29, 1.82) is 0 Å². The fourth-order valence-corrected chi connectivity index (χ4v) is 1.74. The van der Waals surface area contributed by atoms with Crippen molar-refractivity contribution in [1.82, 2.24) is 4.31 Å². The van der Waals surface area contributed by atoms with Gasteiger partial charge in [0.25, 0.3) is 5.69 Å². The molecule has 0 bridgehead atoms. The Labute approximate surface area is 104 Å². The first-order valence-electron chi connectivity index (χ1n) is 4.80. The minimum Gasteiger partial charge on any atom is -0.494 e. The molecule has 0 saturated carbocycles. The van der Waals surface area contributed by atoms with Crippen molar-refractivity contribution in [2.45, 2.75) is 0 Å². The van der Waals surface area contributed by atoms with E-state index in [1.165, 1.54) is 33.3 Å². The number of rotatable bonds is 5. The lowest BCUT2D eigenvalue weighted by molar-refractivity contribution is -0.384. The number of nitro benzene ring substituents is 1. The Kier molecular flexibility index (Phi) is 4.09. The van der Waals surface area contributed by atoms with E-state index in [-0.39, 0.29) is 17.1 Å². The zero-order valence-electron chi connectivity index (χ0n) is 10.1. The van der Waals surface area contributed by atoms with Crippen molar-refractivity contribution in [3.8, 4) is 5.75 Å². The van der Waals surface area contributed by atoms with Gasteiger partial charge >= 0.3 is 10.2 Å². The van der Waals surface area contributed by atoms with Gasteiger partial charge in [-0.05, 0) is 6.07 Å². The van der Waals surface area contributed by atoms with Gasteiger partial charge in [0.2, 0.25) is 0 Å². The second kappa shape index (κ2) is 5.19. The quantitative estimate of drug-likeness (QED) is 0.633. The van der Waals surface area contributed by atoms with Crippen LogP contribution in [0.2, 0.25) is 0 Å². The first-order valence-corrected chi connectivity index (χ1v) is 6.24. The highest BCUT2D eigenvalue weighted by Gasteiger charge is 2.18. The van der Waals surface area contributed by atoms with Crippen LogP contribution >= 0.6 is 0 Å². The second-order valence-electron chi connectivity index (χ2n) is 3.53. The number of benzene rings is 1. The van der Waals surface area contributed by atoms with Crippen LogP contribution in [0.5, 0.6) is 5.75 Å². The highest BCUT2D eigenvalue weighted by Crippen LogP contribution is 2.29. The summed E-state index contributed by atoms with van der Waals surface area (Å²) in [5.74, 6) is 0.0784. The molecule has 0 radical (unpaired) electrons. The van der Waals surface area contributed by atoms with Crippen molar-refractivity contribution in [3.63, 3.8) is 0 Å². The van der Waals surface area contributed by atoms with E-state index in [1.54, 1.807) is 0 Å². The van der Waals surface area contributed by atoms with Crippen LogP contribution in [-0.4, -0.2) is 38.9 Å². The van der Waals surface area contributed by atoms with Crippen LogP contribution in [0.4, 0.5) is 11.4 Å². The molecule has 0 aliphatic carbocycles. The fraction of sp³-hybridized carbons (Fsp3) is 0.333. The molecule has 8 nitrogen and oxygen atoms in total. The van der Waals surface area contributed by atoms with Gasteiger partial charge in [-0.3, -0.25) is 14.8 Å². The van der Waals surface area contributed by atoms with Gasteiger partial charge in [0.05, 0.1) is 23.8 Å². The summed E-state index contributed by atoms with van der Waals surface area (Å²) in [4.78, 5) is 9.99. The molecule has 0 aliphatic rings. The molecule has 9 heteroatoms. The number of hydrogen-bond donors (Lipinski definition) is 1. The molecule has 0 amide bonds. The number of nitrogens with one attached hydrogen (secondary N) is 1. The molecule has 1 rings (SSSR count). The summed E-state index contributed by atoms with van der Waals surface area (Å²) in [7, 11) is 0.337. The van der Waals surface area contributed by atoms with Gasteiger partial charge in [0, 0.05) is 20.2 Å². The smallest absolute Gasteiger partial charge is 0.301 e. The number of hydrogen-bond acceptors (Lipinski definition) is 5. The van der Waals surface area contributed by atoms with E-state index >= 15 is 0 Å². The summed E-state index contributed by atoms with van der Waals surface area (Å²) < 4.78 is 31.4. The van der Waals surface area contributed by atoms with Crippen LogP contribution in [0.1, 0.15) is 0 Å². The molecule has 100 valence electrons. The number of anilines is 1. The lowest BCUT2D eigenvalue weighted by atomic mass is 10.2. The van der Waals surface area contributed by atoms with Crippen LogP contribution in [0.15, 0.2) is 18.2 Å². The van der Waals surface area contributed by atoms with Gasteiger partial charge in [-0.2, -0.15) is 12.7 Å². The van der Waals surface area contributed by atoms with Crippen molar-refractivity contribution >= 4 is 21.6 Å². The van der Waals surface area contributed by atoms with Crippen LogP contribution < -0.4 is 9.46 Å². The second-order valence-corrected chi connectivity index (χ2v) is 5.42. The average molecular weight is 275 g/mol. The molecule has 0 atom stereocenters. The van der Waals surface area contributed by atoms with Crippen molar-refractivity contribution in [2.24, 2.45) is 0 Å². The number of nitrogens with zero attached hydrogens (tertiary/aromatic N) is 2. The number of non-ortho nitro benzene ring substituents is 1. The molecule has 0 heterocycles. The zero-order valence-corrected chi connectivity index (χ0v) is 10.9. The van der Waals surface area contributed by atoms with E-state index in [1.807, 2.05) is 0 Å². The molecule has 0 unspecified atom stereocenters. The maximum absolute atomic E-state index is 11.6. The van der Waals surface area contributed by atoms with Crippen molar-refractivity contribution < 1.29 is 18.1 Å². The van der Waals surface area contributed by atoms with Crippen molar-refractivity contribution in [2.75, 3.05) is 25.9 Å². The number of nitro groups is 1. The maximum Gasteiger partial charge on any atom is 0.301 e. The molecule has 0 aromatic heterocycles. The van der Waals surface area contributed by atoms with Crippen LogP contribution in [0, 0.1) is 10.1 Å². The summed E-state index contributed by atoms with van der Waals surface area (Å²) in [5.41, 5.74) is -0.0450. The average Bonchev–Trinajstić information content (AvgIpc) is 2.28. The summed E-state index contributed by atoms with van der Waals surface area (Å²) in [5, 5.41) is 10.6. The summed E-state index contributed by atoms with van der Waals surface area (Å²) in [6.07, 6.45) is 0. The Morgan fingerprint density at radius 2 is 2.00 bits per heavy atom. The molecule has 1 N–H and O–H groups in total. The maximum atomic E-state index is 11.6. The lowest BCUT2D eigenvalue weighted by Gasteiger charge is -2.15. The third-order valence-corrected chi connectivity index (χ3v) is 3.55. The fourth-order valence-electron chi connectivity index (χ4n) is 1.11. The van der Waals surface area contributed by atoms with E-state index in [0.29, 0.717) is 0 Å². The third kappa shape index (κ3) is 3.08. The first-order chi connectivity index (χ1) is 8.27. The largest absolute Gasteiger partial charge is 0.494 e. The third-order valence-electron chi connectivity index (χ3n) is 2.12. The highest BCUT2D eigenvalue weighted by molar-refractivity contribution is 7.90. The Morgan fingerprint density at radius 1 is 1.39 bits per heavy atom. The van der Waals surface area contributed by atoms with Gasteiger partial charge in [-0.1, -0.05) is 0 Å². The standard InChI is InChI=1S/C9H13N3O5S/c1-11(2)18(15,16)10-8-5-4-7(12(13)14)6-9(8)17-3/h4-6,10H,1-3H3. The SMILES string of the molecule is COc1cc([N+](=O)[O-])ccc1NS(=O)(=O)N(C)C. The number of ether oxygens (including phenoxy) is 1. The van der Waals surface area contributed by atoms with E-state index in [4.69, 9.17) is 4.74 Å². The van der Waals surface area contributed by atoms with Crippen LogP contribution in [0.25, 0.3) is 0 Å². The predicted molar refractivity (Wildman–Crippen MR) is 65.9 cm³/mol. The Bertz CT molecular complexity index is 555. The molecule has 18 heavy (non-hydrogen) atoms. The minimum atomic E-state index is -3.68. The van der Waals surface area contributed by atoms with E-state index < -0.39 is 15.1 Å². The first kappa shape index (κ1) is 14.2. The molecule has 1 aromatic carbocycles. The van der Waals surface area contributed by atoms with Gasteiger partial charge in [-0.15, -0.1) is 0 Å². The molecule has 0 saturated heterocycles. The van der Waals surface area contributed by atoms with E-state index in [0.717, 1.165) is 10.4 Å². The monoisotopic (exact) mass is 275 g/mol. The Hall–Kier alpha value is -1.87. The normalized spacial score (nSPS) is 11.3. The lowest BCUT2D eigenvalue weighted by Crippen LogP contribution is -2.29. The molecular formula is C9H13N3O5S. The predicted octanol–water partition coefficient (Wildman–Crippen LogP) is 0.822. The molecule has 1 aromatic rings.